The van der Waals surface area contributed by atoms with Gasteiger partial charge in [-0.05, 0) is 43.3 Å². The molecule has 0 aliphatic heterocycles. The van der Waals surface area contributed by atoms with E-state index in [4.69, 9.17) is 20.8 Å². The van der Waals surface area contributed by atoms with Crippen LogP contribution in [0.15, 0.2) is 53.4 Å². The smallest absolute Gasteiger partial charge is 0.338 e. The number of benzene rings is 1. The first kappa shape index (κ1) is 17.6. The van der Waals surface area contributed by atoms with Crippen LogP contribution in [-0.2, 0) is 9.53 Å². The fourth-order valence-corrected chi connectivity index (χ4v) is 2.21. The van der Waals surface area contributed by atoms with Crippen molar-refractivity contribution >= 4 is 29.2 Å². The summed E-state index contributed by atoms with van der Waals surface area (Å²) in [4.78, 5) is 28.2. The first-order valence-corrected chi connectivity index (χ1v) is 7.91. The molecule has 0 saturated carbocycles. The van der Waals surface area contributed by atoms with E-state index in [1.807, 2.05) is 0 Å². The fourth-order valence-electron chi connectivity index (χ4n) is 2.04. The van der Waals surface area contributed by atoms with E-state index in [1.54, 1.807) is 36.4 Å². The summed E-state index contributed by atoms with van der Waals surface area (Å²) in [6.45, 7) is 1.46. The molecule has 1 aromatic carbocycles. The maximum Gasteiger partial charge on any atom is 0.338 e. The monoisotopic (exact) mass is 372 g/mol. The van der Waals surface area contributed by atoms with E-state index < -0.39 is 18.0 Å². The molecule has 0 unspecified atom stereocenters. The van der Waals surface area contributed by atoms with E-state index in [0.717, 1.165) is 0 Å². The average molecular weight is 373 g/mol. The maximum absolute atomic E-state index is 12.2. The number of carbonyl (C=O) groups is 2. The molecule has 3 aromatic rings. The zero-order valence-electron chi connectivity index (χ0n) is 13.5. The van der Waals surface area contributed by atoms with E-state index in [9.17, 15) is 9.59 Å². The van der Waals surface area contributed by atoms with Gasteiger partial charge in [-0.15, -0.1) is 10.2 Å². The van der Waals surface area contributed by atoms with Crippen LogP contribution in [0.2, 0.25) is 5.15 Å². The minimum Gasteiger partial charge on any atom is -0.449 e. The first-order chi connectivity index (χ1) is 12.5. The molecule has 0 bridgehead atoms. The van der Waals surface area contributed by atoms with Gasteiger partial charge in [0.05, 0.1) is 11.3 Å². The second-order valence-electron chi connectivity index (χ2n) is 5.20. The molecule has 0 aliphatic carbocycles. The van der Waals surface area contributed by atoms with Gasteiger partial charge in [-0.1, -0.05) is 11.6 Å². The third-order valence-electron chi connectivity index (χ3n) is 3.40. The summed E-state index contributed by atoms with van der Waals surface area (Å²) in [7, 11) is 0. The van der Waals surface area contributed by atoms with Gasteiger partial charge in [0.2, 0.25) is 12.3 Å². The molecule has 132 valence electrons. The number of rotatable bonds is 5. The summed E-state index contributed by atoms with van der Waals surface area (Å²) in [5, 5.41) is 10.1. The molecule has 8 nitrogen and oxygen atoms in total. The van der Waals surface area contributed by atoms with Crippen LogP contribution in [0.1, 0.15) is 17.3 Å². The van der Waals surface area contributed by atoms with Crippen molar-refractivity contribution in [2.45, 2.75) is 13.0 Å². The second-order valence-corrected chi connectivity index (χ2v) is 5.56. The Morgan fingerprint density at radius 1 is 1.23 bits per heavy atom. The highest BCUT2D eigenvalue weighted by Gasteiger charge is 2.20. The minimum absolute atomic E-state index is 0.149. The number of hydrogen-bond donors (Lipinski definition) is 1. The normalized spacial score (nSPS) is 11.6. The van der Waals surface area contributed by atoms with Crippen molar-refractivity contribution in [2.75, 3.05) is 5.32 Å². The molecular formula is C17H13ClN4O4. The van der Waals surface area contributed by atoms with Crippen LogP contribution in [0.4, 0.5) is 5.69 Å². The van der Waals surface area contributed by atoms with Gasteiger partial charge in [0.15, 0.2) is 11.3 Å². The Morgan fingerprint density at radius 3 is 2.65 bits per heavy atom. The number of pyridine rings is 1. The van der Waals surface area contributed by atoms with Crippen LogP contribution >= 0.6 is 11.6 Å². The van der Waals surface area contributed by atoms with Crippen molar-refractivity contribution in [2.24, 2.45) is 0 Å². The lowest BCUT2D eigenvalue weighted by atomic mass is 10.1. The Kier molecular flexibility index (Phi) is 5.23. The summed E-state index contributed by atoms with van der Waals surface area (Å²) in [6.07, 6.45) is 1.69. The molecule has 0 radical (unpaired) electrons. The largest absolute Gasteiger partial charge is 0.449 e. The zero-order chi connectivity index (χ0) is 18.5. The second kappa shape index (κ2) is 7.75. The lowest BCUT2D eigenvalue weighted by Crippen LogP contribution is -2.30. The predicted octanol–water partition coefficient (Wildman–Crippen LogP) is 2.97. The summed E-state index contributed by atoms with van der Waals surface area (Å²) in [5.41, 5.74) is 1.29. The van der Waals surface area contributed by atoms with Crippen LogP contribution in [0, 0.1) is 0 Å². The van der Waals surface area contributed by atoms with Crippen LogP contribution in [0.3, 0.4) is 0 Å². The van der Waals surface area contributed by atoms with Crippen molar-refractivity contribution in [1.82, 2.24) is 15.2 Å². The number of esters is 1. The maximum atomic E-state index is 12.2. The van der Waals surface area contributed by atoms with Crippen LogP contribution < -0.4 is 5.32 Å². The number of anilines is 1. The lowest BCUT2D eigenvalue weighted by molar-refractivity contribution is -0.123. The summed E-state index contributed by atoms with van der Waals surface area (Å²) in [5.74, 6) is -0.816. The average Bonchev–Trinajstić information content (AvgIpc) is 3.18. The molecule has 1 atom stereocenters. The standard InChI is InChI=1S/C17H13ClN4O4/c1-10(15(23)21-13-3-2-8-19-14(13)18)26-17(24)12-6-4-11(5-7-12)16-22-20-9-25-16/h2-10H,1H3,(H,21,23)/t10-/m0/s1. The Bertz CT molecular complexity index is 913. The molecule has 2 heterocycles. The SMILES string of the molecule is C[C@H](OC(=O)c1ccc(-c2nnco2)cc1)C(=O)Nc1cccnc1Cl. The van der Waals surface area contributed by atoms with Gasteiger partial charge in [0.1, 0.15) is 0 Å². The minimum atomic E-state index is -1.02. The highest BCUT2D eigenvalue weighted by atomic mass is 35.5. The van der Waals surface area contributed by atoms with Crippen molar-refractivity contribution < 1.29 is 18.7 Å². The van der Waals surface area contributed by atoms with Gasteiger partial charge < -0.3 is 14.5 Å². The number of nitrogens with one attached hydrogen (secondary N) is 1. The Labute approximate surface area is 153 Å². The molecule has 26 heavy (non-hydrogen) atoms. The Morgan fingerprint density at radius 2 is 2.00 bits per heavy atom. The molecular weight excluding hydrogens is 360 g/mol. The van der Waals surface area contributed by atoms with E-state index in [0.29, 0.717) is 17.1 Å². The van der Waals surface area contributed by atoms with Gasteiger partial charge in [0, 0.05) is 11.8 Å². The van der Waals surface area contributed by atoms with Crippen molar-refractivity contribution in [1.29, 1.82) is 0 Å². The number of ether oxygens (including phenoxy) is 1. The first-order valence-electron chi connectivity index (χ1n) is 7.53. The zero-order valence-corrected chi connectivity index (χ0v) is 14.3. The molecule has 0 spiro atoms. The third kappa shape index (κ3) is 4.04. The molecule has 0 fully saturated rings. The Hall–Kier alpha value is -3.26. The molecule has 1 amide bonds. The predicted molar refractivity (Wildman–Crippen MR) is 92.5 cm³/mol. The number of hydrogen-bond acceptors (Lipinski definition) is 7. The quantitative estimate of drug-likeness (QED) is 0.541. The van der Waals surface area contributed by atoms with Gasteiger partial charge in [-0.3, -0.25) is 4.79 Å². The van der Waals surface area contributed by atoms with Crippen LogP contribution in [0.25, 0.3) is 11.5 Å². The van der Waals surface area contributed by atoms with E-state index in [-0.39, 0.29) is 10.7 Å². The molecule has 0 saturated heterocycles. The summed E-state index contributed by atoms with van der Waals surface area (Å²) in [6, 6.07) is 9.60. The molecule has 0 aliphatic rings. The highest BCUT2D eigenvalue weighted by molar-refractivity contribution is 6.32. The summed E-state index contributed by atoms with van der Waals surface area (Å²) >= 11 is 5.88. The number of halogens is 1. The number of nitrogens with zero attached hydrogens (tertiary/aromatic N) is 3. The van der Waals surface area contributed by atoms with Crippen molar-refractivity contribution in [3.8, 4) is 11.5 Å². The fraction of sp³-hybridized carbons (Fsp3) is 0.118. The number of aromatic nitrogens is 3. The van der Waals surface area contributed by atoms with Gasteiger partial charge >= 0.3 is 5.97 Å². The topological polar surface area (TPSA) is 107 Å². The highest BCUT2D eigenvalue weighted by Crippen LogP contribution is 2.19. The summed E-state index contributed by atoms with van der Waals surface area (Å²) < 4.78 is 10.2. The van der Waals surface area contributed by atoms with Gasteiger partial charge in [0.25, 0.3) is 5.91 Å². The van der Waals surface area contributed by atoms with Crippen LogP contribution in [0.5, 0.6) is 0 Å². The van der Waals surface area contributed by atoms with E-state index in [1.165, 1.54) is 19.5 Å². The third-order valence-corrected chi connectivity index (χ3v) is 3.70. The molecule has 2 aromatic heterocycles. The molecule has 9 heteroatoms. The van der Waals surface area contributed by atoms with Gasteiger partial charge in [-0.25, -0.2) is 9.78 Å². The van der Waals surface area contributed by atoms with E-state index in [2.05, 4.69) is 20.5 Å². The number of carbonyl (C=O) groups excluding carboxylic acids is 2. The van der Waals surface area contributed by atoms with Crippen LogP contribution in [-0.4, -0.2) is 33.2 Å². The van der Waals surface area contributed by atoms with Crippen molar-refractivity contribution in [3.63, 3.8) is 0 Å². The van der Waals surface area contributed by atoms with E-state index >= 15 is 0 Å². The lowest BCUT2D eigenvalue weighted by Gasteiger charge is -2.14. The Balaban J connectivity index is 1.61. The number of amides is 1. The van der Waals surface area contributed by atoms with Crippen molar-refractivity contribution in [3.05, 3.63) is 59.7 Å². The molecule has 1 N–H and O–H groups in total. The molecule has 3 rings (SSSR count). The van der Waals surface area contributed by atoms with Gasteiger partial charge in [-0.2, -0.15) is 0 Å².